The maximum absolute atomic E-state index is 14.1. The molecule has 0 saturated heterocycles. The lowest BCUT2D eigenvalue weighted by molar-refractivity contribution is -0.126. The number of rotatable bonds is 14. The second kappa shape index (κ2) is 18.1. The molecule has 0 saturated carbocycles. The summed E-state index contributed by atoms with van der Waals surface area (Å²) in [5, 5.41) is 3.21. The molecule has 0 unspecified atom stereocenters. The zero-order chi connectivity index (χ0) is 36.0. The van der Waals surface area contributed by atoms with Crippen LogP contribution in [0.1, 0.15) is 40.8 Å². The number of hydrogen-bond acceptors (Lipinski definition) is 5. The number of carbonyl (C=O) groups excluding carboxylic acids is 3. The second-order valence-electron chi connectivity index (χ2n) is 11.5. The fourth-order valence-corrected chi connectivity index (χ4v) is 6.25. The minimum Gasteiger partial charge on any atom is -0.489 e. The van der Waals surface area contributed by atoms with E-state index in [9.17, 15) is 14.4 Å². The summed E-state index contributed by atoms with van der Waals surface area (Å²) in [5.41, 5.74) is 4.76. The fourth-order valence-electron chi connectivity index (χ4n) is 5.44. The number of benzene rings is 4. The summed E-state index contributed by atoms with van der Waals surface area (Å²) in [5.74, 6) is -0.923. The van der Waals surface area contributed by atoms with Crippen LogP contribution in [0.25, 0.3) is 6.08 Å². The van der Waals surface area contributed by atoms with Crippen molar-refractivity contribution in [2.75, 3.05) is 5.75 Å². The summed E-state index contributed by atoms with van der Waals surface area (Å²) in [7, 11) is 0. The summed E-state index contributed by atoms with van der Waals surface area (Å²) < 4.78 is 6.11. The lowest BCUT2D eigenvalue weighted by Gasteiger charge is -2.28. The van der Waals surface area contributed by atoms with Crippen LogP contribution in [-0.2, 0) is 27.4 Å². The van der Waals surface area contributed by atoms with Gasteiger partial charge in [-0.15, -0.1) is 6.58 Å². The first kappa shape index (κ1) is 36.3. The van der Waals surface area contributed by atoms with Gasteiger partial charge in [0.25, 0.3) is 11.8 Å². The molecule has 1 heterocycles. The summed E-state index contributed by atoms with van der Waals surface area (Å²) in [6.45, 7) is 9.80. The van der Waals surface area contributed by atoms with Crippen molar-refractivity contribution < 1.29 is 19.1 Å². The molecular formula is C43H39N3O4S. The summed E-state index contributed by atoms with van der Waals surface area (Å²) in [6.07, 6.45) is 10.6. The molecule has 4 aromatic carbocycles. The molecule has 1 N–H and O–H groups in total. The van der Waals surface area contributed by atoms with E-state index in [1.807, 2.05) is 103 Å². The van der Waals surface area contributed by atoms with Gasteiger partial charge in [0.05, 0.1) is 11.8 Å². The lowest BCUT2D eigenvalue weighted by Crippen LogP contribution is -2.42. The number of allylic oxidation sites excluding steroid dienone is 5. The topological polar surface area (TPSA) is 88.1 Å². The van der Waals surface area contributed by atoms with Crippen molar-refractivity contribution >= 4 is 40.7 Å². The number of hydrogen-bond donors (Lipinski definition) is 1. The maximum Gasteiger partial charge on any atom is 0.285 e. The summed E-state index contributed by atoms with van der Waals surface area (Å²) >= 11 is 1.02. The van der Waals surface area contributed by atoms with Gasteiger partial charge in [0, 0.05) is 5.70 Å². The number of ether oxygens (including phenoxy) is 1. The molecule has 256 valence electrons. The van der Waals surface area contributed by atoms with Crippen molar-refractivity contribution in [3.05, 3.63) is 192 Å². The van der Waals surface area contributed by atoms with E-state index in [2.05, 4.69) is 23.5 Å². The monoisotopic (exact) mass is 693 g/mol. The number of amides is 3. The highest BCUT2D eigenvalue weighted by molar-refractivity contribution is 8.14. The highest BCUT2D eigenvalue weighted by Crippen LogP contribution is 2.29. The minimum absolute atomic E-state index is 0.0807. The second-order valence-corrected chi connectivity index (χ2v) is 12.4. The van der Waals surface area contributed by atoms with Crippen molar-refractivity contribution in [3.63, 3.8) is 0 Å². The Hall–Kier alpha value is -5.99. The first-order valence-corrected chi connectivity index (χ1v) is 17.5. The molecule has 7 nitrogen and oxygen atoms in total. The van der Waals surface area contributed by atoms with Crippen LogP contribution < -0.4 is 10.1 Å². The van der Waals surface area contributed by atoms with E-state index in [-0.39, 0.29) is 28.4 Å². The number of aliphatic imine (C=N–C) groups is 1. The van der Waals surface area contributed by atoms with Gasteiger partial charge in [-0.2, -0.15) is 4.99 Å². The third kappa shape index (κ3) is 9.59. The maximum atomic E-state index is 14.1. The quantitative estimate of drug-likeness (QED) is 0.0621. The van der Waals surface area contributed by atoms with E-state index in [0.717, 1.165) is 34.0 Å². The molecular weight excluding hydrogens is 655 g/mol. The molecule has 51 heavy (non-hydrogen) atoms. The molecule has 5 rings (SSSR count). The van der Waals surface area contributed by atoms with E-state index in [0.29, 0.717) is 30.0 Å². The Bertz CT molecular complexity index is 1960. The lowest BCUT2D eigenvalue weighted by atomic mass is 9.99. The third-order valence-corrected chi connectivity index (χ3v) is 8.85. The van der Waals surface area contributed by atoms with Gasteiger partial charge in [0.15, 0.2) is 5.17 Å². The van der Waals surface area contributed by atoms with E-state index in [4.69, 9.17) is 4.74 Å². The molecule has 0 aromatic heterocycles. The molecule has 4 aromatic rings. The van der Waals surface area contributed by atoms with Gasteiger partial charge in [-0.3, -0.25) is 19.3 Å². The SMILES string of the molecule is C=C/C=C\C(=C/C)N1C(=O)/C(=C/c2ccc(OCc3ccccc3)c(CC=C)c2)C(=O)N=C1SCC(=O)NC(c1ccccc1)c1ccccc1. The van der Waals surface area contributed by atoms with Gasteiger partial charge >= 0.3 is 0 Å². The van der Waals surface area contributed by atoms with Crippen LogP contribution in [0.15, 0.2) is 169 Å². The molecule has 0 atom stereocenters. The number of carbonyl (C=O) groups is 3. The van der Waals surface area contributed by atoms with Crippen molar-refractivity contribution in [1.29, 1.82) is 0 Å². The average Bonchev–Trinajstić information content (AvgIpc) is 3.16. The largest absolute Gasteiger partial charge is 0.489 e. The van der Waals surface area contributed by atoms with Gasteiger partial charge in [-0.25, -0.2) is 0 Å². The Labute approximate surface area is 303 Å². The zero-order valence-corrected chi connectivity index (χ0v) is 29.2. The van der Waals surface area contributed by atoms with Crippen molar-refractivity contribution in [3.8, 4) is 5.75 Å². The van der Waals surface area contributed by atoms with Gasteiger partial charge in [-0.05, 0) is 65.4 Å². The van der Waals surface area contributed by atoms with Crippen LogP contribution in [-0.4, -0.2) is 33.5 Å². The fraction of sp³-hybridized carbons (Fsp3) is 0.116. The van der Waals surface area contributed by atoms with Crippen LogP contribution in [0.2, 0.25) is 0 Å². The van der Waals surface area contributed by atoms with Crippen molar-refractivity contribution in [2.45, 2.75) is 26.0 Å². The average molecular weight is 694 g/mol. The van der Waals surface area contributed by atoms with Gasteiger partial charge in [0.2, 0.25) is 5.91 Å². The molecule has 8 heteroatoms. The van der Waals surface area contributed by atoms with Gasteiger partial charge in [-0.1, -0.05) is 140 Å². The smallest absolute Gasteiger partial charge is 0.285 e. The van der Waals surface area contributed by atoms with E-state index in [1.54, 1.807) is 43.4 Å². The molecule has 0 spiro atoms. The van der Waals surface area contributed by atoms with Gasteiger partial charge < -0.3 is 10.1 Å². The van der Waals surface area contributed by atoms with Crippen LogP contribution in [0, 0.1) is 0 Å². The first-order valence-electron chi connectivity index (χ1n) is 16.5. The Morgan fingerprint density at radius 1 is 0.922 bits per heavy atom. The van der Waals surface area contributed by atoms with Crippen LogP contribution in [0.3, 0.4) is 0 Å². The standard InChI is InChI=1S/C43H39N3O4S/c1-4-7-24-36(6-3)46-42(49)37(28-32-25-26-38(35(27-32)17-5-2)50-29-31-18-11-8-12-19-31)41(48)45-43(46)51-30-39(47)44-40(33-20-13-9-14-21-33)34-22-15-10-16-23-34/h4-16,18-28,40H,1-2,17,29-30H2,3H3,(H,44,47)/b24-7-,36-6+,37-28+. The molecule has 0 fully saturated rings. The zero-order valence-electron chi connectivity index (χ0n) is 28.4. The first-order chi connectivity index (χ1) is 24.9. The molecule has 1 aliphatic heterocycles. The predicted molar refractivity (Wildman–Crippen MR) is 207 cm³/mol. The minimum atomic E-state index is -0.691. The number of amidine groups is 1. The molecule has 0 aliphatic carbocycles. The van der Waals surface area contributed by atoms with Crippen molar-refractivity contribution in [1.82, 2.24) is 10.2 Å². The Balaban J connectivity index is 1.40. The number of thioether (sulfide) groups is 1. The Morgan fingerprint density at radius 2 is 1.57 bits per heavy atom. The highest BCUT2D eigenvalue weighted by atomic mass is 32.2. The number of nitrogens with zero attached hydrogens (tertiary/aromatic N) is 2. The molecule has 1 aliphatic rings. The van der Waals surface area contributed by atoms with Crippen molar-refractivity contribution in [2.24, 2.45) is 4.99 Å². The van der Waals surface area contributed by atoms with Crippen LogP contribution >= 0.6 is 11.8 Å². The third-order valence-electron chi connectivity index (χ3n) is 7.91. The molecule has 3 amide bonds. The summed E-state index contributed by atoms with van der Waals surface area (Å²) in [6, 6.07) is 34.3. The number of nitrogens with one attached hydrogen (secondary N) is 1. The molecule has 0 bridgehead atoms. The summed E-state index contributed by atoms with van der Waals surface area (Å²) in [4.78, 5) is 46.8. The van der Waals surface area contributed by atoms with Gasteiger partial charge in [0.1, 0.15) is 17.9 Å². The highest BCUT2D eigenvalue weighted by Gasteiger charge is 2.35. The van der Waals surface area contributed by atoms with E-state index >= 15 is 0 Å². The van der Waals surface area contributed by atoms with E-state index < -0.39 is 11.8 Å². The predicted octanol–water partition coefficient (Wildman–Crippen LogP) is 8.39. The Morgan fingerprint density at radius 3 is 2.18 bits per heavy atom. The normalized spacial score (nSPS) is 14.2. The molecule has 0 radical (unpaired) electrons. The Kier molecular flexibility index (Phi) is 12.9. The van der Waals surface area contributed by atoms with E-state index in [1.165, 1.54) is 11.0 Å². The van der Waals surface area contributed by atoms with Crippen LogP contribution in [0.5, 0.6) is 5.75 Å². The van der Waals surface area contributed by atoms with Crippen LogP contribution in [0.4, 0.5) is 0 Å².